The molecule has 6 bridgehead atoms. The van der Waals surface area contributed by atoms with Crippen LogP contribution in [0.15, 0.2) is 121 Å². The van der Waals surface area contributed by atoms with E-state index in [0.717, 1.165) is 187 Å². The van der Waals surface area contributed by atoms with Crippen molar-refractivity contribution < 1.29 is 18.3 Å². The zero-order valence-electron chi connectivity index (χ0n) is 52.5. The van der Waals surface area contributed by atoms with Gasteiger partial charge in [-0.2, -0.15) is 0 Å². The number of likely N-dealkylation sites (tertiary alicyclic amines) is 1. The molecule has 0 N–H and O–H groups in total. The van der Waals surface area contributed by atoms with Gasteiger partial charge >= 0.3 is 6.09 Å². The van der Waals surface area contributed by atoms with Crippen molar-refractivity contribution in [2.75, 3.05) is 157 Å². The zero-order chi connectivity index (χ0) is 60.3. The SMILES string of the molecule is CCOC(=O)N1CCC(N2CCN(c3cccc(Cl)c3)CC2)CC1.Clc1ccccc1N1CCN(CC2CC=CCC2)CC1.Fc1ccc(N2CCN(C3C4CC5CC(C4)CC3C5)CC2)cc1.Fc1ccccc1N1CCN(CC2CC3C=CC2C3)CC1. The minimum absolute atomic E-state index is 0.0933. The predicted molar refractivity (Wildman–Crippen MR) is 358 cm³/mol. The molecule has 1 amide bonds. The highest BCUT2D eigenvalue weighted by Crippen LogP contribution is 2.55. The second-order valence-corrected chi connectivity index (χ2v) is 28.4. The van der Waals surface area contributed by atoms with E-state index in [4.69, 9.17) is 27.9 Å². The van der Waals surface area contributed by atoms with Gasteiger partial charge in [0, 0.05) is 159 Å². The largest absolute Gasteiger partial charge is 0.450 e. The van der Waals surface area contributed by atoms with Crippen LogP contribution in [-0.2, 0) is 4.74 Å². The topological polar surface area (TPSA) is 55.5 Å². The molecule has 0 aromatic heterocycles. The van der Waals surface area contributed by atoms with E-state index in [1.807, 2.05) is 66.4 Å². The molecule has 88 heavy (non-hydrogen) atoms. The maximum atomic E-state index is 13.8. The van der Waals surface area contributed by atoms with Crippen molar-refractivity contribution in [3.63, 3.8) is 0 Å². The normalized spacial score (nSPS) is 29.1. The lowest BCUT2D eigenvalue weighted by atomic mass is 9.54. The highest BCUT2D eigenvalue weighted by molar-refractivity contribution is 6.33. The molecule has 11 nitrogen and oxygen atoms in total. The van der Waals surface area contributed by atoms with Crippen molar-refractivity contribution >= 4 is 52.0 Å². The summed E-state index contributed by atoms with van der Waals surface area (Å²) in [6.07, 6.45) is 25.7. The van der Waals surface area contributed by atoms with E-state index >= 15 is 0 Å². The number of carbonyl (C=O) groups is 1. The van der Waals surface area contributed by atoms with Crippen molar-refractivity contribution in [1.29, 1.82) is 0 Å². The smallest absolute Gasteiger partial charge is 0.409 e. The lowest BCUT2D eigenvalue weighted by molar-refractivity contribution is -0.0665. The van der Waals surface area contributed by atoms with Gasteiger partial charge in [-0.25, -0.2) is 13.6 Å². The second kappa shape index (κ2) is 30.5. The first-order chi connectivity index (χ1) is 43.0. The van der Waals surface area contributed by atoms with Crippen LogP contribution in [0.2, 0.25) is 10.0 Å². The minimum atomic E-state index is -0.165. The molecule has 15 heteroatoms. The number of amides is 1. The maximum Gasteiger partial charge on any atom is 0.409 e. The molecule has 4 aromatic rings. The number of carbonyl (C=O) groups excluding carboxylic acids is 1. The maximum absolute atomic E-state index is 13.8. The Morgan fingerprint density at radius 2 is 1.15 bits per heavy atom. The first-order valence-electron chi connectivity index (χ1n) is 34.2. The fraction of sp³-hybridized carbons (Fsp3) is 0.603. The summed E-state index contributed by atoms with van der Waals surface area (Å²) in [4.78, 5) is 33.6. The monoisotopic (exact) mass is 1240 g/mol. The number of nitrogens with zero attached hydrogens (tertiary/aromatic N) is 9. The molecule has 0 radical (unpaired) electrons. The molecule has 10 fully saturated rings. The third-order valence-corrected chi connectivity index (χ3v) is 22.6. The van der Waals surface area contributed by atoms with Crippen LogP contribution in [0.5, 0.6) is 0 Å². The van der Waals surface area contributed by atoms with Crippen LogP contribution in [0.3, 0.4) is 0 Å². The number of allylic oxidation sites excluding steroid dienone is 4. The Bertz CT molecular complexity index is 2870. The van der Waals surface area contributed by atoms with Crippen LogP contribution in [0, 0.1) is 59.0 Å². The third kappa shape index (κ3) is 16.2. The highest BCUT2D eigenvalue weighted by atomic mass is 35.5. The molecule has 4 aromatic carbocycles. The van der Waals surface area contributed by atoms with Gasteiger partial charge < -0.3 is 29.2 Å². The molecule has 476 valence electrons. The van der Waals surface area contributed by atoms with E-state index in [1.54, 1.807) is 24.3 Å². The van der Waals surface area contributed by atoms with E-state index in [0.29, 0.717) is 12.6 Å². The number of piperidine rings is 1. The average Bonchev–Trinajstić information content (AvgIpc) is 3.46. The molecular weight excluding hydrogens is 1140 g/mol. The van der Waals surface area contributed by atoms with Gasteiger partial charge in [-0.1, -0.05) is 77.8 Å². The number of fused-ring (bicyclic) bond motifs is 2. The van der Waals surface area contributed by atoms with Crippen molar-refractivity contribution in [1.82, 2.24) is 24.5 Å². The van der Waals surface area contributed by atoms with E-state index in [1.165, 1.54) is 107 Å². The van der Waals surface area contributed by atoms with Gasteiger partial charge in [0.25, 0.3) is 0 Å². The van der Waals surface area contributed by atoms with Crippen molar-refractivity contribution in [2.45, 2.75) is 96.1 Å². The molecule has 5 saturated carbocycles. The molecule has 7 aliphatic carbocycles. The molecule has 16 rings (SSSR count). The number of piperazine rings is 4. The summed E-state index contributed by atoms with van der Waals surface area (Å²) in [6.45, 7) is 23.6. The Kier molecular flexibility index (Phi) is 21.9. The van der Waals surface area contributed by atoms with Crippen LogP contribution in [0.4, 0.5) is 36.3 Å². The van der Waals surface area contributed by atoms with E-state index in [9.17, 15) is 13.6 Å². The summed E-state index contributed by atoms with van der Waals surface area (Å²) in [6, 6.07) is 31.9. The van der Waals surface area contributed by atoms with Crippen LogP contribution < -0.4 is 19.6 Å². The van der Waals surface area contributed by atoms with E-state index in [2.05, 4.69) is 81.7 Å². The lowest BCUT2D eigenvalue weighted by Gasteiger charge is -2.58. The summed E-state index contributed by atoms with van der Waals surface area (Å²) in [5, 5.41) is 1.67. The van der Waals surface area contributed by atoms with Crippen LogP contribution in [0.25, 0.3) is 0 Å². The third-order valence-electron chi connectivity index (χ3n) is 22.0. The van der Waals surface area contributed by atoms with Crippen molar-refractivity contribution in [3.05, 3.63) is 143 Å². The molecule has 0 spiro atoms. The Balaban J connectivity index is 0.000000114. The summed E-state index contributed by atoms with van der Waals surface area (Å²) < 4.78 is 32.0. The Labute approximate surface area is 535 Å². The van der Waals surface area contributed by atoms with Gasteiger partial charge in [0.1, 0.15) is 11.6 Å². The number of anilines is 4. The number of hydrogen-bond donors (Lipinski definition) is 0. The minimum Gasteiger partial charge on any atom is -0.450 e. The van der Waals surface area contributed by atoms with Crippen LogP contribution in [-0.4, -0.2) is 180 Å². The molecule has 5 heterocycles. The van der Waals surface area contributed by atoms with E-state index < -0.39 is 0 Å². The lowest BCUT2D eigenvalue weighted by Crippen LogP contribution is -2.60. The second-order valence-electron chi connectivity index (χ2n) is 27.5. The average molecular weight is 1240 g/mol. The molecule has 4 atom stereocenters. The Morgan fingerprint density at radius 1 is 0.545 bits per heavy atom. The van der Waals surface area contributed by atoms with Gasteiger partial charge in [0.15, 0.2) is 0 Å². The predicted octanol–water partition coefficient (Wildman–Crippen LogP) is 13.8. The number of para-hydroxylation sites is 2. The zero-order valence-corrected chi connectivity index (χ0v) is 54.0. The molecule has 5 aliphatic heterocycles. The van der Waals surface area contributed by atoms with Crippen molar-refractivity contribution in [2.24, 2.45) is 47.3 Å². The number of hydrogen-bond acceptors (Lipinski definition) is 10. The number of rotatable bonds is 11. The Morgan fingerprint density at radius 3 is 1.74 bits per heavy atom. The summed E-state index contributed by atoms with van der Waals surface area (Å²) in [5.74, 6) is 7.30. The fourth-order valence-electron chi connectivity index (χ4n) is 17.7. The number of halogens is 4. The van der Waals surface area contributed by atoms with Gasteiger partial charge in [-0.3, -0.25) is 19.6 Å². The van der Waals surface area contributed by atoms with E-state index in [-0.39, 0.29) is 17.7 Å². The highest BCUT2D eigenvalue weighted by Gasteiger charge is 2.50. The van der Waals surface area contributed by atoms with Gasteiger partial charge in [-0.05, 0) is 198 Å². The first-order valence-corrected chi connectivity index (χ1v) is 35.0. The molecular formula is C73H99Cl2F2N9O2. The quantitative estimate of drug-likeness (QED) is 0.136. The first kappa shape index (κ1) is 63.3. The molecule has 4 unspecified atom stereocenters. The van der Waals surface area contributed by atoms with Gasteiger partial charge in [0.05, 0.1) is 23.0 Å². The number of ether oxygens (including phenoxy) is 1. The summed E-state index contributed by atoms with van der Waals surface area (Å²) in [5.41, 5.74) is 4.34. The van der Waals surface area contributed by atoms with Gasteiger partial charge in [-0.15, -0.1) is 0 Å². The van der Waals surface area contributed by atoms with Crippen LogP contribution in [0.1, 0.15) is 84.0 Å². The standard InChI is InChI=1S/C20H27FN2.C18H26ClN3O2.C18H23FN2.C17H23ClN2/c21-18-1-3-19(4-2-18)22-5-7-23(8-6-22)20-16-10-14-9-15(12-16)13-17(20)11-14;1-2-24-18(23)22-8-6-16(7-9-22)20-10-12-21(13-11-20)17-5-3-4-15(19)14-17;19-17-3-1-2-4-18(17)21-9-7-20(8-10-21)13-16-12-14-5-6-15(16)11-14;18-16-8-4-5-9-17(16)20-12-10-19(11-13-20)14-15-6-2-1-3-7-15/h1-4,14-17,20H,5-13H2;3-5,14,16H,2,6-13H2,1H3;1-6,14-16H,7-13H2;1-2,4-5,8-9,15H,3,6-7,10-14H2. The number of benzene rings is 4. The molecule has 5 saturated heterocycles. The van der Waals surface area contributed by atoms with Crippen LogP contribution >= 0.6 is 23.2 Å². The van der Waals surface area contributed by atoms with Gasteiger partial charge in [0.2, 0.25) is 0 Å². The summed E-state index contributed by atoms with van der Waals surface area (Å²) >= 11 is 12.4. The fourth-order valence-corrected chi connectivity index (χ4v) is 18.1. The van der Waals surface area contributed by atoms with Crippen molar-refractivity contribution in [3.8, 4) is 0 Å². The summed E-state index contributed by atoms with van der Waals surface area (Å²) in [7, 11) is 0. The molecule has 12 aliphatic rings. The Hall–Kier alpha value is -4.89.